The van der Waals surface area contributed by atoms with Crippen LogP contribution in [0.1, 0.15) is 39.4 Å². The van der Waals surface area contributed by atoms with E-state index in [0.29, 0.717) is 12.0 Å². The van der Waals surface area contributed by atoms with E-state index in [1.807, 2.05) is 6.07 Å². The number of aliphatic hydroxyl groups is 1. The van der Waals surface area contributed by atoms with Gasteiger partial charge in [-0.3, -0.25) is 0 Å². The number of para-hydroxylation sites is 2. The zero-order valence-corrected chi connectivity index (χ0v) is 13.3. The fraction of sp³-hybridized carbons (Fsp3) is 0.588. The Kier molecular flexibility index (Phi) is 5.76. The summed E-state index contributed by atoms with van der Waals surface area (Å²) in [6.45, 7) is 8.52. The first-order valence-corrected chi connectivity index (χ1v) is 7.95. The average Bonchev–Trinajstić information content (AvgIpc) is 2.82. The highest BCUT2D eigenvalue weighted by Crippen LogP contribution is 2.17. The molecule has 1 unspecified atom stereocenters. The van der Waals surface area contributed by atoms with Crippen LogP contribution in [0.4, 0.5) is 0 Å². The van der Waals surface area contributed by atoms with Crippen LogP contribution < -0.4 is 5.32 Å². The molecule has 1 atom stereocenters. The maximum absolute atomic E-state index is 9.18. The lowest BCUT2D eigenvalue weighted by Gasteiger charge is -2.21. The molecule has 1 heterocycles. The number of rotatable bonds is 8. The Morgan fingerprint density at radius 1 is 1.29 bits per heavy atom. The molecule has 0 fully saturated rings. The maximum atomic E-state index is 9.18. The van der Waals surface area contributed by atoms with Gasteiger partial charge >= 0.3 is 0 Å². The van der Waals surface area contributed by atoms with Gasteiger partial charge in [-0.1, -0.05) is 32.9 Å². The van der Waals surface area contributed by atoms with Gasteiger partial charge in [0.05, 0.1) is 17.6 Å². The molecule has 0 amide bonds. The molecule has 2 N–H and O–H groups in total. The van der Waals surface area contributed by atoms with Gasteiger partial charge in [0.1, 0.15) is 5.82 Å². The van der Waals surface area contributed by atoms with Crippen molar-refractivity contribution in [2.75, 3.05) is 6.61 Å². The van der Waals surface area contributed by atoms with Gasteiger partial charge in [0.2, 0.25) is 0 Å². The van der Waals surface area contributed by atoms with E-state index in [0.717, 1.165) is 37.3 Å². The van der Waals surface area contributed by atoms with Gasteiger partial charge in [0.15, 0.2) is 0 Å². The van der Waals surface area contributed by atoms with Crippen LogP contribution in [-0.4, -0.2) is 27.3 Å². The summed E-state index contributed by atoms with van der Waals surface area (Å²) in [4.78, 5) is 4.76. The Morgan fingerprint density at radius 3 is 2.71 bits per heavy atom. The van der Waals surface area contributed by atoms with Crippen molar-refractivity contribution in [2.45, 2.75) is 52.7 Å². The number of benzene rings is 1. The van der Waals surface area contributed by atoms with Gasteiger partial charge in [-0.25, -0.2) is 4.98 Å². The van der Waals surface area contributed by atoms with Gasteiger partial charge in [-0.2, -0.15) is 0 Å². The first-order chi connectivity index (χ1) is 10.2. The number of hydrogen-bond acceptors (Lipinski definition) is 3. The van der Waals surface area contributed by atoms with E-state index in [4.69, 9.17) is 4.98 Å². The highest BCUT2D eigenvalue weighted by atomic mass is 16.3. The van der Waals surface area contributed by atoms with Crippen molar-refractivity contribution >= 4 is 11.0 Å². The van der Waals surface area contributed by atoms with Crippen molar-refractivity contribution in [1.29, 1.82) is 0 Å². The Hall–Kier alpha value is -1.39. The highest BCUT2D eigenvalue weighted by molar-refractivity contribution is 5.75. The Bertz CT molecular complexity index is 562. The Morgan fingerprint density at radius 2 is 2.05 bits per heavy atom. The molecule has 4 heteroatoms. The number of aliphatic hydroxyl groups excluding tert-OH is 1. The summed E-state index contributed by atoms with van der Waals surface area (Å²) in [5.41, 5.74) is 2.27. The Balaban J connectivity index is 2.18. The molecule has 0 aliphatic heterocycles. The summed E-state index contributed by atoms with van der Waals surface area (Å²) in [6.07, 6.45) is 1.88. The number of nitrogens with zero attached hydrogens (tertiary/aromatic N) is 2. The normalized spacial score (nSPS) is 13.2. The second-order valence-corrected chi connectivity index (χ2v) is 5.91. The molecule has 0 saturated heterocycles. The number of aromatic nitrogens is 2. The van der Waals surface area contributed by atoms with Gasteiger partial charge in [0.25, 0.3) is 0 Å². The van der Waals surface area contributed by atoms with Gasteiger partial charge in [0, 0.05) is 19.2 Å². The summed E-state index contributed by atoms with van der Waals surface area (Å²) in [7, 11) is 0. The number of fused-ring (bicyclic) bond motifs is 1. The monoisotopic (exact) mass is 289 g/mol. The summed E-state index contributed by atoms with van der Waals surface area (Å²) in [5, 5.41) is 12.7. The molecular weight excluding hydrogens is 262 g/mol. The van der Waals surface area contributed by atoms with Crippen LogP contribution in [0.15, 0.2) is 24.3 Å². The average molecular weight is 289 g/mol. The maximum Gasteiger partial charge on any atom is 0.123 e. The SMILES string of the molecule is CCCn1c(CNC(CCO)C(C)C)nc2ccccc21. The smallest absolute Gasteiger partial charge is 0.123 e. The van der Waals surface area contributed by atoms with Crippen molar-refractivity contribution in [3.05, 3.63) is 30.1 Å². The number of hydrogen-bond donors (Lipinski definition) is 2. The fourth-order valence-electron chi connectivity index (χ4n) is 2.77. The topological polar surface area (TPSA) is 50.1 Å². The second-order valence-electron chi connectivity index (χ2n) is 5.91. The fourth-order valence-corrected chi connectivity index (χ4v) is 2.77. The van der Waals surface area contributed by atoms with Crippen LogP contribution in [0.5, 0.6) is 0 Å². The lowest BCUT2D eigenvalue weighted by atomic mass is 10.0. The van der Waals surface area contributed by atoms with E-state index in [-0.39, 0.29) is 6.61 Å². The summed E-state index contributed by atoms with van der Waals surface area (Å²) < 4.78 is 2.30. The van der Waals surface area contributed by atoms with Crippen LogP contribution in [0.3, 0.4) is 0 Å². The van der Waals surface area contributed by atoms with E-state index in [9.17, 15) is 5.11 Å². The molecule has 2 aromatic rings. The first kappa shape index (κ1) is 16.0. The van der Waals surface area contributed by atoms with Gasteiger partial charge < -0.3 is 15.0 Å². The third-order valence-corrected chi connectivity index (χ3v) is 3.95. The summed E-state index contributed by atoms with van der Waals surface area (Å²) >= 11 is 0. The van der Waals surface area contributed by atoms with Crippen molar-refractivity contribution < 1.29 is 5.11 Å². The number of aryl methyl sites for hydroxylation is 1. The van der Waals surface area contributed by atoms with Crippen LogP contribution in [0, 0.1) is 5.92 Å². The van der Waals surface area contributed by atoms with Gasteiger partial charge in [-0.15, -0.1) is 0 Å². The molecule has 21 heavy (non-hydrogen) atoms. The summed E-state index contributed by atoms with van der Waals surface area (Å²) in [5.74, 6) is 1.59. The van der Waals surface area contributed by atoms with E-state index in [1.54, 1.807) is 0 Å². The van der Waals surface area contributed by atoms with Crippen molar-refractivity contribution in [3.8, 4) is 0 Å². The summed E-state index contributed by atoms with van der Waals surface area (Å²) in [6, 6.07) is 8.62. The first-order valence-electron chi connectivity index (χ1n) is 7.95. The molecule has 0 aliphatic rings. The zero-order chi connectivity index (χ0) is 15.2. The van der Waals surface area contributed by atoms with Crippen molar-refractivity contribution in [3.63, 3.8) is 0 Å². The van der Waals surface area contributed by atoms with Crippen molar-refractivity contribution in [2.24, 2.45) is 5.92 Å². The van der Waals surface area contributed by atoms with E-state index in [2.05, 4.69) is 48.9 Å². The minimum atomic E-state index is 0.223. The molecule has 0 bridgehead atoms. The van der Waals surface area contributed by atoms with E-state index >= 15 is 0 Å². The third kappa shape index (κ3) is 3.83. The third-order valence-electron chi connectivity index (χ3n) is 3.95. The lowest BCUT2D eigenvalue weighted by molar-refractivity contribution is 0.243. The van der Waals surface area contributed by atoms with Gasteiger partial charge in [-0.05, 0) is 30.9 Å². The van der Waals surface area contributed by atoms with E-state index in [1.165, 1.54) is 5.52 Å². The molecule has 2 rings (SSSR count). The molecule has 1 aromatic heterocycles. The Labute approximate surface area is 127 Å². The lowest BCUT2D eigenvalue weighted by Crippen LogP contribution is -2.35. The van der Waals surface area contributed by atoms with Crippen LogP contribution in [-0.2, 0) is 13.1 Å². The quantitative estimate of drug-likeness (QED) is 0.785. The van der Waals surface area contributed by atoms with Crippen molar-refractivity contribution in [1.82, 2.24) is 14.9 Å². The minimum Gasteiger partial charge on any atom is -0.396 e. The number of imidazole rings is 1. The highest BCUT2D eigenvalue weighted by Gasteiger charge is 2.15. The van der Waals surface area contributed by atoms with Crippen LogP contribution in [0.2, 0.25) is 0 Å². The minimum absolute atomic E-state index is 0.223. The predicted molar refractivity (Wildman–Crippen MR) is 87.2 cm³/mol. The van der Waals surface area contributed by atoms with Crippen LogP contribution in [0.25, 0.3) is 11.0 Å². The second kappa shape index (κ2) is 7.57. The number of nitrogens with one attached hydrogen (secondary N) is 1. The molecule has 0 radical (unpaired) electrons. The molecule has 0 saturated carbocycles. The standard InChI is InChI=1S/C17H27N3O/c1-4-10-20-16-8-6-5-7-15(16)19-17(20)12-18-14(9-11-21)13(2)3/h5-8,13-14,18,21H,4,9-12H2,1-3H3. The van der Waals surface area contributed by atoms with Crippen LogP contribution >= 0.6 is 0 Å². The van der Waals surface area contributed by atoms with E-state index < -0.39 is 0 Å². The molecule has 0 spiro atoms. The molecule has 4 nitrogen and oxygen atoms in total. The molecule has 1 aromatic carbocycles. The molecular formula is C17H27N3O. The largest absolute Gasteiger partial charge is 0.396 e. The molecule has 0 aliphatic carbocycles. The zero-order valence-electron chi connectivity index (χ0n) is 13.3. The predicted octanol–water partition coefficient (Wildman–Crippen LogP) is 2.94. The molecule has 116 valence electrons.